The summed E-state index contributed by atoms with van der Waals surface area (Å²) in [6.45, 7) is 4.32. The molecule has 0 bridgehead atoms. The van der Waals surface area contributed by atoms with Gasteiger partial charge in [0, 0.05) is 11.1 Å². The molecule has 3 rings (SSSR count). The Morgan fingerprint density at radius 3 is 2.18 bits per heavy atom. The third-order valence-electron chi connectivity index (χ3n) is 4.60. The lowest BCUT2D eigenvalue weighted by molar-refractivity contribution is 0.0595. The molecule has 0 fully saturated rings. The van der Waals surface area contributed by atoms with Gasteiger partial charge in [-0.1, -0.05) is 11.6 Å². The second kappa shape index (κ2) is 6.72. The zero-order valence-electron chi connectivity index (χ0n) is 15.3. The number of methoxy groups -OCH3 is 1. The molecular weight excluding hydrogens is 392 g/mol. The molecule has 146 valence electrons. The molecule has 0 saturated carbocycles. The number of phenols is 2. The van der Waals surface area contributed by atoms with Crippen molar-refractivity contribution in [3.8, 4) is 28.7 Å². The van der Waals surface area contributed by atoms with E-state index in [1.54, 1.807) is 0 Å². The maximum absolute atomic E-state index is 12.7. The number of hydrogen-bond acceptors (Lipinski definition) is 8. The van der Waals surface area contributed by atoms with Crippen LogP contribution >= 0.6 is 11.6 Å². The summed E-state index contributed by atoms with van der Waals surface area (Å²) < 4.78 is 15.9. The van der Waals surface area contributed by atoms with Crippen molar-refractivity contribution in [3.63, 3.8) is 0 Å². The molecule has 1 aliphatic rings. The van der Waals surface area contributed by atoms with E-state index in [9.17, 15) is 24.6 Å². The molecule has 0 unspecified atom stereocenters. The summed E-state index contributed by atoms with van der Waals surface area (Å²) in [5.41, 5.74) is -0.359. The average Bonchev–Trinajstić information content (AvgIpc) is 2.81. The Morgan fingerprint density at radius 2 is 1.61 bits per heavy atom. The fraction of sp³-hybridized carbons (Fsp3) is 0.211. The molecule has 2 aromatic carbocycles. The molecule has 1 heterocycles. The Labute approximate surface area is 164 Å². The average molecular weight is 407 g/mol. The smallest absolute Gasteiger partial charge is 0.347 e. The molecule has 9 heteroatoms. The maximum Gasteiger partial charge on any atom is 0.347 e. The van der Waals surface area contributed by atoms with Crippen LogP contribution in [0.1, 0.15) is 47.8 Å². The minimum atomic E-state index is -0.899. The van der Waals surface area contributed by atoms with Crippen LogP contribution in [-0.4, -0.2) is 35.5 Å². The van der Waals surface area contributed by atoms with E-state index in [2.05, 4.69) is 4.74 Å². The summed E-state index contributed by atoms with van der Waals surface area (Å²) in [6, 6.07) is 0. The van der Waals surface area contributed by atoms with Gasteiger partial charge in [-0.25, -0.2) is 9.59 Å². The highest BCUT2D eigenvalue weighted by molar-refractivity contribution is 6.34. The highest BCUT2D eigenvalue weighted by atomic mass is 35.5. The van der Waals surface area contributed by atoms with Gasteiger partial charge in [-0.2, -0.15) is 0 Å². The lowest BCUT2D eigenvalue weighted by Crippen LogP contribution is -2.12. The first-order chi connectivity index (χ1) is 13.1. The quantitative estimate of drug-likeness (QED) is 0.441. The van der Waals surface area contributed by atoms with E-state index in [1.807, 2.05) is 0 Å². The second-order valence-corrected chi connectivity index (χ2v) is 6.52. The number of aromatic hydroxyl groups is 2. The van der Waals surface area contributed by atoms with Crippen molar-refractivity contribution in [3.05, 3.63) is 38.4 Å². The van der Waals surface area contributed by atoms with Crippen molar-refractivity contribution in [2.45, 2.75) is 20.8 Å². The number of esters is 2. The van der Waals surface area contributed by atoms with Crippen LogP contribution in [0.2, 0.25) is 5.02 Å². The molecule has 0 amide bonds. The number of carbonyl (C=O) groups excluding carboxylic acids is 3. The van der Waals surface area contributed by atoms with E-state index in [1.165, 1.54) is 20.8 Å². The van der Waals surface area contributed by atoms with Crippen LogP contribution < -0.4 is 9.47 Å². The predicted molar refractivity (Wildman–Crippen MR) is 97.2 cm³/mol. The Morgan fingerprint density at radius 1 is 1.00 bits per heavy atom. The molecule has 0 saturated heterocycles. The zero-order chi connectivity index (χ0) is 20.9. The second-order valence-electron chi connectivity index (χ2n) is 6.14. The lowest BCUT2D eigenvalue weighted by atomic mass is 10.0. The molecule has 0 radical (unpaired) electrons. The number of ether oxygens (including phenoxy) is 3. The van der Waals surface area contributed by atoms with Crippen LogP contribution in [0.25, 0.3) is 0 Å². The minimum Gasteiger partial charge on any atom is -0.507 e. The minimum absolute atomic E-state index is 0.0581. The Balaban J connectivity index is 2.42. The van der Waals surface area contributed by atoms with Gasteiger partial charge in [-0.3, -0.25) is 4.79 Å². The van der Waals surface area contributed by atoms with Gasteiger partial charge in [0.1, 0.15) is 28.2 Å². The van der Waals surface area contributed by atoms with Crippen molar-refractivity contribution in [1.82, 2.24) is 0 Å². The van der Waals surface area contributed by atoms with Gasteiger partial charge in [0.05, 0.1) is 12.1 Å². The maximum atomic E-state index is 12.7. The van der Waals surface area contributed by atoms with Gasteiger partial charge < -0.3 is 24.4 Å². The number of rotatable bonds is 2. The van der Waals surface area contributed by atoms with Crippen molar-refractivity contribution < 1.29 is 38.8 Å². The summed E-state index contributed by atoms with van der Waals surface area (Å²) in [6.07, 6.45) is 0.293. The molecule has 0 atom stereocenters. The molecular formula is C19H15ClO8. The van der Waals surface area contributed by atoms with Gasteiger partial charge in [0.15, 0.2) is 23.5 Å². The van der Waals surface area contributed by atoms with E-state index in [0.29, 0.717) is 6.29 Å². The van der Waals surface area contributed by atoms with Crippen LogP contribution in [-0.2, 0) is 4.74 Å². The molecule has 0 aromatic heterocycles. The Hall–Kier alpha value is -3.26. The van der Waals surface area contributed by atoms with E-state index in [4.69, 9.17) is 21.1 Å². The van der Waals surface area contributed by atoms with Crippen molar-refractivity contribution in [2.75, 3.05) is 7.11 Å². The first-order valence-electron chi connectivity index (χ1n) is 8.00. The third kappa shape index (κ3) is 2.56. The van der Waals surface area contributed by atoms with E-state index >= 15 is 0 Å². The van der Waals surface area contributed by atoms with Crippen molar-refractivity contribution in [1.29, 1.82) is 0 Å². The highest BCUT2D eigenvalue weighted by Crippen LogP contribution is 2.51. The van der Waals surface area contributed by atoms with Crippen molar-refractivity contribution in [2.24, 2.45) is 0 Å². The summed E-state index contributed by atoms with van der Waals surface area (Å²) >= 11 is 6.03. The van der Waals surface area contributed by atoms with E-state index in [-0.39, 0.29) is 55.7 Å². The van der Waals surface area contributed by atoms with Gasteiger partial charge in [-0.15, -0.1) is 0 Å². The molecule has 2 N–H and O–H groups in total. The Kier molecular flexibility index (Phi) is 4.68. The van der Waals surface area contributed by atoms with Crippen LogP contribution in [0, 0.1) is 20.8 Å². The normalized spacial score (nSPS) is 12.2. The number of aldehydes is 1. The van der Waals surface area contributed by atoms with Gasteiger partial charge in [-0.05, 0) is 26.3 Å². The molecule has 2 aromatic rings. The standard InChI is InChI=1S/C19H15ClO8/c1-6-11-17(9(5-21)14(23)12(6)20)27-15-7(2)10(18(24)26-4)13(22)8(3)16(15)28-19(11)25/h5,22-23H,1-4H3. The van der Waals surface area contributed by atoms with Gasteiger partial charge in [0.2, 0.25) is 0 Å². The number of halogens is 1. The highest BCUT2D eigenvalue weighted by Gasteiger charge is 2.35. The molecule has 0 aliphatic carbocycles. The number of hydrogen-bond donors (Lipinski definition) is 2. The summed E-state index contributed by atoms with van der Waals surface area (Å²) in [4.78, 5) is 36.4. The molecule has 1 aliphatic heterocycles. The fourth-order valence-corrected chi connectivity index (χ4v) is 3.25. The first kappa shape index (κ1) is 19.5. The monoisotopic (exact) mass is 406 g/mol. The van der Waals surface area contributed by atoms with E-state index < -0.39 is 23.4 Å². The number of phenolic OH excluding ortho intramolecular Hbond substituents is 2. The molecule has 8 nitrogen and oxygen atoms in total. The first-order valence-corrected chi connectivity index (χ1v) is 8.38. The number of carbonyl (C=O) groups is 3. The number of benzene rings is 2. The summed E-state index contributed by atoms with van der Waals surface area (Å²) in [7, 11) is 1.15. The third-order valence-corrected chi connectivity index (χ3v) is 5.07. The number of fused-ring (bicyclic) bond motifs is 2. The molecule has 28 heavy (non-hydrogen) atoms. The predicted octanol–water partition coefficient (Wildman–Crippen LogP) is 3.60. The van der Waals surface area contributed by atoms with Crippen molar-refractivity contribution >= 4 is 29.8 Å². The van der Waals surface area contributed by atoms with E-state index in [0.717, 1.165) is 7.11 Å². The van der Waals surface area contributed by atoms with Crippen LogP contribution in [0.5, 0.6) is 28.7 Å². The summed E-state index contributed by atoms with van der Waals surface area (Å²) in [5, 5.41) is 20.4. The Bertz CT molecular complexity index is 1070. The van der Waals surface area contributed by atoms with Gasteiger partial charge in [0.25, 0.3) is 0 Å². The van der Waals surface area contributed by atoms with Gasteiger partial charge >= 0.3 is 11.9 Å². The van der Waals surface area contributed by atoms with Crippen LogP contribution in [0.3, 0.4) is 0 Å². The largest absolute Gasteiger partial charge is 0.507 e. The van der Waals surface area contributed by atoms with Crippen LogP contribution in [0.15, 0.2) is 0 Å². The molecule has 0 spiro atoms. The SMILES string of the molecule is COC(=O)c1c(C)c2c(c(C)c1O)OC(=O)c1c(C)c(Cl)c(O)c(C=O)c1O2. The fourth-order valence-electron chi connectivity index (χ4n) is 3.05. The topological polar surface area (TPSA) is 119 Å². The lowest BCUT2D eigenvalue weighted by Gasteiger charge is -2.18. The van der Waals surface area contributed by atoms with Crippen LogP contribution in [0.4, 0.5) is 0 Å². The zero-order valence-corrected chi connectivity index (χ0v) is 16.1. The summed E-state index contributed by atoms with van der Waals surface area (Å²) in [5.74, 6) is -3.18.